The van der Waals surface area contributed by atoms with E-state index in [1.165, 1.54) is 43.5 Å². The molecule has 0 aliphatic rings. The summed E-state index contributed by atoms with van der Waals surface area (Å²) in [6.45, 7) is 6.12. The van der Waals surface area contributed by atoms with Crippen LogP contribution in [0.15, 0.2) is 77.0 Å². The van der Waals surface area contributed by atoms with Crippen LogP contribution in [-0.2, 0) is 9.53 Å². The SMILES string of the molecule is CCCCCCCCC(=O)Oc1ccc(N=Nc2ccc(C(=O)Oc3ccc(C(=O)O[C@@H](C)CCCCCC)cc3F)cc2)cc1. The third-order valence-corrected chi connectivity index (χ3v) is 7.33. The maximum Gasteiger partial charge on any atom is 0.343 e. The molecule has 0 amide bonds. The minimum absolute atomic E-state index is 0.0478. The molecule has 9 heteroatoms. The van der Waals surface area contributed by atoms with E-state index in [0.717, 1.165) is 57.4 Å². The molecule has 3 rings (SSSR count). The highest BCUT2D eigenvalue weighted by Gasteiger charge is 2.17. The number of carbonyl (C=O) groups excluding carboxylic acids is 3. The van der Waals surface area contributed by atoms with Crippen LogP contribution in [0.5, 0.6) is 11.5 Å². The topological polar surface area (TPSA) is 104 Å². The van der Waals surface area contributed by atoms with Crippen molar-refractivity contribution >= 4 is 29.3 Å². The lowest BCUT2D eigenvalue weighted by molar-refractivity contribution is -0.134. The van der Waals surface area contributed by atoms with E-state index in [9.17, 15) is 18.8 Å². The van der Waals surface area contributed by atoms with E-state index in [-0.39, 0.29) is 28.9 Å². The van der Waals surface area contributed by atoms with Crippen LogP contribution in [-0.4, -0.2) is 24.0 Å². The van der Waals surface area contributed by atoms with Gasteiger partial charge in [0.1, 0.15) is 5.75 Å². The van der Waals surface area contributed by atoms with Crippen LogP contribution >= 0.6 is 0 Å². The fourth-order valence-electron chi connectivity index (χ4n) is 4.63. The average molecular weight is 633 g/mol. The third-order valence-electron chi connectivity index (χ3n) is 7.33. The number of benzene rings is 3. The highest BCUT2D eigenvalue weighted by molar-refractivity contribution is 5.92. The molecule has 3 aromatic carbocycles. The van der Waals surface area contributed by atoms with Gasteiger partial charge in [0.2, 0.25) is 0 Å². The van der Waals surface area contributed by atoms with Crippen LogP contribution < -0.4 is 9.47 Å². The van der Waals surface area contributed by atoms with Gasteiger partial charge in [-0.25, -0.2) is 14.0 Å². The quantitative estimate of drug-likeness (QED) is 0.0564. The van der Waals surface area contributed by atoms with E-state index in [0.29, 0.717) is 23.5 Å². The van der Waals surface area contributed by atoms with Crippen LogP contribution in [0.4, 0.5) is 15.8 Å². The zero-order valence-corrected chi connectivity index (χ0v) is 27.1. The number of hydrogen-bond donors (Lipinski definition) is 0. The molecule has 0 saturated heterocycles. The number of halogens is 1. The molecule has 3 aromatic rings. The first-order valence-corrected chi connectivity index (χ1v) is 16.3. The van der Waals surface area contributed by atoms with Gasteiger partial charge in [-0.15, -0.1) is 0 Å². The Hall–Kier alpha value is -4.40. The van der Waals surface area contributed by atoms with Crippen LogP contribution in [0.3, 0.4) is 0 Å². The first kappa shape index (κ1) is 36.1. The molecular weight excluding hydrogens is 587 g/mol. The van der Waals surface area contributed by atoms with Gasteiger partial charge in [0.05, 0.1) is 28.6 Å². The Morgan fingerprint density at radius 2 is 1.24 bits per heavy atom. The van der Waals surface area contributed by atoms with E-state index in [2.05, 4.69) is 24.1 Å². The summed E-state index contributed by atoms with van der Waals surface area (Å²) in [4.78, 5) is 37.1. The number of carbonyl (C=O) groups is 3. The van der Waals surface area contributed by atoms with E-state index in [1.807, 2.05) is 6.92 Å². The Bertz CT molecular complexity index is 1420. The highest BCUT2D eigenvalue weighted by atomic mass is 19.1. The third kappa shape index (κ3) is 12.9. The van der Waals surface area contributed by atoms with Gasteiger partial charge in [-0.3, -0.25) is 4.79 Å². The average Bonchev–Trinajstić information content (AvgIpc) is 3.05. The molecule has 0 aromatic heterocycles. The second-order valence-electron chi connectivity index (χ2n) is 11.3. The van der Waals surface area contributed by atoms with Crippen molar-refractivity contribution in [2.24, 2.45) is 10.2 Å². The van der Waals surface area contributed by atoms with Gasteiger partial charge in [0.15, 0.2) is 11.6 Å². The van der Waals surface area contributed by atoms with Crippen molar-refractivity contribution in [1.82, 2.24) is 0 Å². The summed E-state index contributed by atoms with van der Waals surface area (Å²) >= 11 is 0. The molecule has 1 atom stereocenters. The number of hydrogen-bond acceptors (Lipinski definition) is 8. The molecule has 0 bridgehead atoms. The van der Waals surface area contributed by atoms with E-state index < -0.39 is 17.8 Å². The van der Waals surface area contributed by atoms with Crippen molar-refractivity contribution in [3.8, 4) is 11.5 Å². The number of unbranched alkanes of at least 4 members (excludes halogenated alkanes) is 8. The van der Waals surface area contributed by atoms with Crippen LogP contribution in [0.1, 0.15) is 119 Å². The molecule has 0 aliphatic carbocycles. The fraction of sp³-hybridized carbons (Fsp3) is 0.432. The Balaban J connectivity index is 1.46. The van der Waals surface area contributed by atoms with Crippen molar-refractivity contribution in [2.45, 2.75) is 104 Å². The molecule has 0 aliphatic heterocycles. The molecule has 8 nitrogen and oxygen atoms in total. The lowest BCUT2D eigenvalue weighted by Crippen LogP contribution is -2.15. The lowest BCUT2D eigenvalue weighted by atomic mass is 10.1. The van der Waals surface area contributed by atoms with E-state index in [4.69, 9.17) is 14.2 Å². The summed E-state index contributed by atoms with van der Waals surface area (Å²) in [7, 11) is 0. The molecule has 0 unspecified atom stereocenters. The van der Waals surface area contributed by atoms with Gasteiger partial charge < -0.3 is 14.2 Å². The van der Waals surface area contributed by atoms with Gasteiger partial charge in [-0.2, -0.15) is 10.2 Å². The fourth-order valence-corrected chi connectivity index (χ4v) is 4.63. The summed E-state index contributed by atoms with van der Waals surface area (Å²) in [6, 6.07) is 16.5. The minimum Gasteiger partial charge on any atom is -0.459 e. The van der Waals surface area contributed by atoms with Crippen LogP contribution in [0.25, 0.3) is 0 Å². The van der Waals surface area contributed by atoms with Crippen molar-refractivity contribution < 1.29 is 33.0 Å². The predicted octanol–water partition coefficient (Wildman–Crippen LogP) is 10.6. The maximum absolute atomic E-state index is 14.7. The first-order valence-electron chi connectivity index (χ1n) is 16.3. The van der Waals surface area contributed by atoms with Crippen LogP contribution in [0, 0.1) is 5.82 Å². The summed E-state index contributed by atoms with van der Waals surface area (Å²) in [5, 5.41) is 8.35. The molecule has 0 heterocycles. The van der Waals surface area contributed by atoms with Gasteiger partial charge in [0, 0.05) is 6.42 Å². The summed E-state index contributed by atoms with van der Waals surface area (Å²) < 4.78 is 30.7. The van der Waals surface area contributed by atoms with Crippen molar-refractivity contribution in [2.75, 3.05) is 0 Å². The van der Waals surface area contributed by atoms with Gasteiger partial charge in [0.25, 0.3) is 0 Å². The number of rotatable bonds is 19. The number of esters is 3. The molecule has 0 N–H and O–H groups in total. The summed E-state index contributed by atoms with van der Waals surface area (Å²) in [5.74, 6) is -2.33. The highest BCUT2D eigenvalue weighted by Crippen LogP contribution is 2.24. The maximum atomic E-state index is 14.7. The molecule has 0 spiro atoms. The Morgan fingerprint density at radius 3 is 1.87 bits per heavy atom. The van der Waals surface area contributed by atoms with Gasteiger partial charge >= 0.3 is 17.9 Å². The zero-order chi connectivity index (χ0) is 33.1. The zero-order valence-electron chi connectivity index (χ0n) is 27.1. The Labute approximate surface area is 271 Å². The standard InChI is InChI=1S/C37H45FN2O6/c1-4-6-8-10-11-13-15-35(41)45-32-23-21-31(22-24-32)40-39-30-19-16-28(17-20-30)36(42)46-34-25-18-29(26-33(34)38)37(43)44-27(3)14-12-9-7-5-2/h16-27H,4-15H2,1-3H3/t27-/m0/s1. The van der Waals surface area contributed by atoms with Gasteiger partial charge in [-0.1, -0.05) is 65.2 Å². The van der Waals surface area contributed by atoms with Gasteiger partial charge in [-0.05, 0) is 92.9 Å². The van der Waals surface area contributed by atoms with Crippen LogP contribution in [0.2, 0.25) is 0 Å². The largest absolute Gasteiger partial charge is 0.459 e. The van der Waals surface area contributed by atoms with E-state index in [1.54, 1.807) is 36.4 Å². The molecule has 0 saturated carbocycles. The second kappa shape index (κ2) is 19.9. The van der Waals surface area contributed by atoms with E-state index >= 15 is 0 Å². The Morgan fingerprint density at radius 1 is 0.674 bits per heavy atom. The van der Waals surface area contributed by atoms with Crippen molar-refractivity contribution in [1.29, 1.82) is 0 Å². The lowest BCUT2D eigenvalue weighted by Gasteiger charge is -2.13. The monoisotopic (exact) mass is 632 g/mol. The molecular formula is C37H45FN2O6. The Kier molecular flexibility index (Phi) is 15.6. The molecule has 46 heavy (non-hydrogen) atoms. The predicted molar refractivity (Wildman–Crippen MR) is 176 cm³/mol. The number of nitrogens with zero attached hydrogens (tertiary/aromatic N) is 2. The summed E-state index contributed by atoms with van der Waals surface area (Å²) in [6.07, 6.45) is 11.8. The molecule has 0 radical (unpaired) electrons. The molecule has 0 fully saturated rings. The van der Waals surface area contributed by atoms with Crippen molar-refractivity contribution in [3.05, 3.63) is 83.7 Å². The number of azo groups is 1. The minimum atomic E-state index is -0.845. The molecule has 246 valence electrons. The normalized spacial score (nSPS) is 11.7. The first-order chi connectivity index (χ1) is 22.3. The second-order valence-corrected chi connectivity index (χ2v) is 11.3. The van der Waals surface area contributed by atoms with Crippen molar-refractivity contribution in [3.63, 3.8) is 0 Å². The number of ether oxygens (including phenoxy) is 3. The smallest absolute Gasteiger partial charge is 0.343 e. The summed E-state index contributed by atoms with van der Waals surface area (Å²) in [5.41, 5.74) is 1.28.